The molecular weight excluding hydrogens is 390 g/mol. The number of esters is 1. The number of benzene rings is 2. The number of hydrogen-bond donors (Lipinski definition) is 1. The highest BCUT2D eigenvalue weighted by Crippen LogP contribution is 2.23. The summed E-state index contributed by atoms with van der Waals surface area (Å²) in [5.41, 5.74) is -0.832. The molecule has 0 unspecified atom stereocenters. The van der Waals surface area contributed by atoms with Crippen LogP contribution in [-0.2, 0) is 9.53 Å². The van der Waals surface area contributed by atoms with Crippen molar-refractivity contribution in [1.29, 1.82) is 0 Å². The fraction of sp³-hybridized carbons (Fsp3) is 0.125. The molecule has 0 aliphatic rings. The average molecular weight is 401 g/mol. The first kappa shape index (κ1) is 19.6. The van der Waals surface area contributed by atoms with Crippen LogP contribution in [0.2, 0.25) is 10.0 Å². The third kappa shape index (κ3) is 4.68. The van der Waals surface area contributed by atoms with Crippen LogP contribution < -0.4 is 5.32 Å². The molecule has 1 amide bonds. The molecule has 0 aromatic heterocycles. The molecule has 1 atom stereocenters. The van der Waals surface area contributed by atoms with Crippen LogP contribution in [0.5, 0.6) is 0 Å². The van der Waals surface area contributed by atoms with Crippen LogP contribution in [0.4, 0.5) is 15.8 Å². The minimum absolute atomic E-state index is 0.0174. The summed E-state index contributed by atoms with van der Waals surface area (Å²) in [5.74, 6) is -2.68. The van der Waals surface area contributed by atoms with E-state index < -0.39 is 34.4 Å². The summed E-state index contributed by atoms with van der Waals surface area (Å²) in [6.45, 7) is 1.30. The first-order valence-electron chi connectivity index (χ1n) is 7.10. The lowest BCUT2D eigenvalue weighted by Crippen LogP contribution is -2.30. The lowest BCUT2D eigenvalue weighted by molar-refractivity contribution is -0.387. The van der Waals surface area contributed by atoms with E-state index in [1.165, 1.54) is 25.1 Å². The topological polar surface area (TPSA) is 98.5 Å². The van der Waals surface area contributed by atoms with Crippen LogP contribution in [-0.4, -0.2) is 22.9 Å². The van der Waals surface area contributed by atoms with Crippen molar-refractivity contribution in [1.82, 2.24) is 0 Å². The monoisotopic (exact) mass is 400 g/mol. The molecule has 0 radical (unpaired) electrons. The van der Waals surface area contributed by atoms with E-state index in [4.69, 9.17) is 27.9 Å². The van der Waals surface area contributed by atoms with E-state index in [1.807, 2.05) is 0 Å². The van der Waals surface area contributed by atoms with Crippen LogP contribution in [0.15, 0.2) is 36.4 Å². The maximum absolute atomic E-state index is 13.3. The first-order chi connectivity index (χ1) is 12.2. The summed E-state index contributed by atoms with van der Waals surface area (Å²) in [6.07, 6.45) is -1.25. The number of rotatable bonds is 5. The fourth-order valence-electron chi connectivity index (χ4n) is 1.91. The number of nitrogens with zero attached hydrogens (tertiary/aromatic N) is 1. The van der Waals surface area contributed by atoms with E-state index in [0.717, 1.165) is 18.2 Å². The molecule has 0 saturated carbocycles. The predicted octanol–water partition coefficient (Wildman–Crippen LogP) is 4.22. The maximum Gasteiger partial charge on any atom is 0.340 e. The molecule has 0 aliphatic carbocycles. The summed E-state index contributed by atoms with van der Waals surface area (Å²) in [5, 5.41) is 13.4. The number of halogens is 3. The Hall–Kier alpha value is -2.71. The van der Waals surface area contributed by atoms with Gasteiger partial charge in [0.1, 0.15) is 0 Å². The van der Waals surface area contributed by atoms with Gasteiger partial charge >= 0.3 is 11.7 Å². The summed E-state index contributed by atoms with van der Waals surface area (Å²) >= 11 is 11.7. The Bertz CT molecular complexity index is 891. The largest absolute Gasteiger partial charge is 0.449 e. The van der Waals surface area contributed by atoms with Crippen molar-refractivity contribution in [2.24, 2.45) is 0 Å². The Morgan fingerprint density at radius 3 is 2.58 bits per heavy atom. The summed E-state index contributed by atoms with van der Waals surface area (Å²) in [6, 6.07) is 7.02. The summed E-state index contributed by atoms with van der Waals surface area (Å²) in [4.78, 5) is 34.0. The van der Waals surface area contributed by atoms with Crippen molar-refractivity contribution in [3.05, 3.63) is 67.9 Å². The zero-order valence-corrected chi connectivity index (χ0v) is 14.7. The van der Waals surface area contributed by atoms with Crippen molar-refractivity contribution >= 4 is 46.5 Å². The van der Waals surface area contributed by atoms with Crippen LogP contribution in [0.25, 0.3) is 0 Å². The molecule has 1 N–H and O–H groups in total. The van der Waals surface area contributed by atoms with Crippen LogP contribution in [0.3, 0.4) is 0 Å². The Labute approximate surface area is 156 Å². The molecule has 0 fully saturated rings. The second-order valence-corrected chi connectivity index (χ2v) is 5.93. The number of hydrogen-bond acceptors (Lipinski definition) is 5. The first-order valence-corrected chi connectivity index (χ1v) is 7.85. The van der Waals surface area contributed by atoms with Gasteiger partial charge in [-0.2, -0.15) is 4.39 Å². The molecule has 2 aromatic rings. The molecule has 0 heterocycles. The highest BCUT2D eigenvalue weighted by atomic mass is 35.5. The standard InChI is InChI=1S/C16H11Cl2FN2O5/c1-8(26-16(23)11-6-9(17)2-4-12(11)18)15(22)20-10-3-5-13(19)14(7-10)21(24)25/h2-8H,1H3,(H,20,22)/t8-/m1/s1. The number of nitro groups is 1. The Kier molecular flexibility index (Phi) is 6.12. The van der Waals surface area contributed by atoms with Gasteiger partial charge in [0.2, 0.25) is 5.82 Å². The van der Waals surface area contributed by atoms with Gasteiger partial charge in [-0.1, -0.05) is 23.2 Å². The number of amides is 1. The maximum atomic E-state index is 13.3. The molecule has 7 nitrogen and oxygen atoms in total. The molecule has 10 heteroatoms. The van der Waals surface area contributed by atoms with Gasteiger partial charge in [-0.3, -0.25) is 14.9 Å². The van der Waals surface area contributed by atoms with Gasteiger partial charge in [-0.15, -0.1) is 0 Å². The molecule has 2 rings (SSSR count). The van der Waals surface area contributed by atoms with E-state index in [0.29, 0.717) is 0 Å². The van der Waals surface area contributed by atoms with Gasteiger partial charge in [-0.25, -0.2) is 4.79 Å². The van der Waals surface area contributed by atoms with Gasteiger partial charge in [0.25, 0.3) is 5.91 Å². The highest BCUT2D eigenvalue weighted by Gasteiger charge is 2.22. The normalized spacial score (nSPS) is 11.5. The van der Waals surface area contributed by atoms with Gasteiger partial charge in [0, 0.05) is 16.8 Å². The predicted molar refractivity (Wildman–Crippen MR) is 93.0 cm³/mol. The quantitative estimate of drug-likeness (QED) is 0.460. The lowest BCUT2D eigenvalue weighted by atomic mass is 10.2. The van der Waals surface area contributed by atoms with Crippen LogP contribution in [0.1, 0.15) is 17.3 Å². The number of carbonyl (C=O) groups is 2. The smallest absolute Gasteiger partial charge is 0.340 e. The summed E-state index contributed by atoms with van der Waals surface area (Å²) in [7, 11) is 0. The third-order valence-corrected chi connectivity index (χ3v) is 3.78. The van der Waals surface area contributed by atoms with Crippen molar-refractivity contribution in [3.8, 4) is 0 Å². The molecule has 136 valence electrons. The van der Waals surface area contributed by atoms with E-state index in [9.17, 15) is 24.1 Å². The molecule has 0 aliphatic heterocycles. The molecule has 0 bridgehead atoms. The molecule has 0 spiro atoms. The van der Waals surface area contributed by atoms with E-state index in [-0.39, 0.29) is 21.3 Å². The molecule has 26 heavy (non-hydrogen) atoms. The molecular formula is C16H11Cl2FN2O5. The van der Waals surface area contributed by atoms with Crippen molar-refractivity contribution in [2.75, 3.05) is 5.32 Å². The number of nitrogens with one attached hydrogen (secondary N) is 1. The molecule has 2 aromatic carbocycles. The zero-order valence-electron chi connectivity index (χ0n) is 13.2. The lowest BCUT2D eigenvalue weighted by Gasteiger charge is -2.14. The number of nitro benzene ring substituents is 1. The van der Waals surface area contributed by atoms with Crippen molar-refractivity contribution in [2.45, 2.75) is 13.0 Å². The molecule has 0 saturated heterocycles. The zero-order chi connectivity index (χ0) is 19.4. The number of carbonyl (C=O) groups excluding carboxylic acids is 2. The van der Waals surface area contributed by atoms with Crippen molar-refractivity contribution < 1.29 is 23.6 Å². The Morgan fingerprint density at radius 1 is 1.23 bits per heavy atom. The van der Waals surface area contributed by atoms with Crippen LogP contribution in [0, 0.1) is 15.9 Å². The van der Waals surface area contributed by atoms with E-state index in [2.05, 4.69) is 5.32 Å². The Balaban J connectivity index is 2.08. The second-order valence-electron chi connectivity index (χ2n) is 5.08. The van der Waals surface area contributed by atoms with Gasteiger partial charge in [0.15, 0.2) is 6.10 Å². The Morgan fingerprint density at radius 2 is 1.92 bits per heavy atom. The fourth-order valence-corrected chi connectivity index (χ4v) is 2.27. The van der Waals surface area contributed by atoms with Crippen molar-refractivity contribution in [3.63, 3.8) is 0 Å². The average Bonchev–Trinajstić information content (AvgIpc) is 2.58. The number of anilines is 1. The van der Waals surface area contributed by atoms with Gasteiger partial charge < -0.3 is 10.1 Å². The SMILES string of the molecule is C[C@@H](OC(=O)c1cc(Cl)ccc1Cl)C(=O)Nc1ccc(F)c([N+](=O)[O-])c1. The minimum Gasteiger partial charge on any atom is -0.449 e. The minimum atomic E-state index is -1.25. The summed E-state index contributed by atoms with van der Waals surface area (Å²) < 4.78 is 18.3. The highest BCUT2D eigenvalue weighted by molar-refractivity contribution is 6.35. The number of ether oxygens (including phenoxy) is 1. The third-order valence-electron chi connectivity index (χ3n) is 3.21. The van der Waals surface area contributed by atoms with E-state index >= 15 is 0 Å². The van der Waals surface area contributed by atoms with E-state index in [1.54, 1.807) is 0 Å². The second kappa shape index (κ2) is 8.11. The van der Waals surface area contributed by atoms with Crippen LogP contribution >= 0.6 is 23.2 Å². The van der Waals surface area contributed by atoms with Gasteiger partial charge in [-0.05, 0) is 37.3 Å². The van der Waals surface area contributed by atoms with Gasteiger partial charge in [0.05, 0.1) is 15.5 Å².